The Kier molecular flexibility index (Phi) is 4.55. The van der Waals surface area contributed by atoms with Gasteiger partial charge in [-0.1, -0.05) is 0 Å². The van der Waals surface area contributed by atoms with E-state index in [1.807, 2.05) is 0 Å². The Morgan fingerprint density at radius 2 is 1.04 bits per heavy atom. The third-order valence-corrected chi connectivity index (χ3v) is 2.93. The topological polar surface area (TPSA) is 93.1 Å². The van der Waals surface area contributed by atoms with Gasteiger partial charge in [-0.05, 0) is 48.5 Å². The van der Waals surface area contributed by atoms with Crippen molar-refractivity contribution < 1.29 is 29.3 Å². The zero-order valence-corrected chi connectivity index (χ0v) is 12.6. The van der Waals surface area contributed by atoms with E-state index < -0.39 is 17.7 Å². The molecule has 0 bridgehead atoms. The number of carboxylic acids is 2. The van der Waals surface area contributed by atoms with Gasteiger partial charge in [0.1, 0.15) is 11.5 Å². The predicted octanol–water partition coefficient (Wildman–Crippen LogP) is 3.28. The molecule has 0 saturated carbocycles. The highest BCUT2D eigenvalue weighted by Gasteiger charge is 2.22. The molecule has 0 radical (unpaired) electrons. The number of hydrogen-bond acceptors (Lipinski definition) is 4. The maximum atomic E-state index is 10.8. The third-order valence-electron chi connectivity index (χ3n) is 2.93. The van der Waals surface area contributed by atoms with Crippen molar-refractivity contribution in [3.8, 4) is 11.5 Å². The van der Waals surface area contributed by atoms with Gasteiger partial charge in [0.05, 0.1) is 11.1 Å². The maximum absolute atomic E-state index is 10.8. The molecule has 0 aliphatic heterocycles. The van der Waals surface area contributed by atoms with Crippen molar-refractivity contribution >= 4 is 11.9 Å². The van der Waals surface area contributed by atoms with Crippen LogP contribution < -0.4 is 9.47 Å². The van der Waals surface area contributed by atoms with Crippen LogP contribution in [0.15, 0.2) is 48.5 Å². The lowest BCUT2D eigenvalue weighted by atomic mass is 10.2. The fraction of sp³-hybridized carbons (Fsp3) is 0.176. The van der Waals surface area contributed by atoms with Gasteiger partial charge < -0.3 is 19.7 Å². The lowest BCUT2D eigenvalue weighted by molar-refractivity contribution is -0.0809. The van der Waals surface area contributed by atoms with Crippen molar-refractivity contribution in [3.05, 3.63) is 59.7 Å². The zero-order chi connectivity index (χ0) is 17.0. The van der Waals surface area contributed by atoms with E-state index in [9.17, 15) is 9.59 Å². The van der Waals surface area contributed by atoms with E-state index >= 15 is 0 Å². The Labute approximate surface area is 132 Å². The molecule has 0 aliphatic carbocycles. The monoisotopic (exact) mass is 316 g/mol. The first-order chi connectivity index (χ1) is 10.8. The Morgan fingerprint density at radius 1 is 0.739 bits per heavy atom. The lowest BCUT2D eigenvalue weighted by Gasteiger charge is -2.27. The molecular weight excluding hydrogens is 300 g/mol. The molecule has 2 rings (SSSR count). The molecule has 0 atom stereocenters. The fourth-order valence-corrected chi connectivity index (χ4v) is 1.92. The van der Waals surface area contributed by atoms with Crippen LogP contribution in [0.2, 0.25) is 0 Å². The summed E-state index contributed by atoms with van der Waals surface area (Å²) >= 11 is 0. The third kappa shape index (κ3) is 4.47. The molecule has 0 aromatic heterocycles. The van der Waals surface area contributed by atoms with Gasteiger partial charge >= 0.3 is 11.9 Å². The summed E-state index contributed by atoms with van der Waals surface area (Å²) in [4.78, 5) is 21.6. The Morgan fingerprint density at radius 3 is 1.30 bits per heavy atom. The molecule has 2 aromatic rings. The van der Waals surface area contributed by atoms with E-state index in [4.69, 9.17) is 19.7 Å². The van der Waals surface area contributed by atoms with E-state index in [-0.39, 0.29) is 11.1 Å². The van der Waals surface area contributed by atoms with Crippen molar-refractivity contribution in [1.29, 1.82) is 0 Å². The molecule has 6 nitrogen and oxygen atoms in total. The Hall–Kier alpha value is -3.02. The first kappa shape index (κ1) is 16.4. The summed E-state index contributed by atoms with van der Waals surface area (Å²) in [6.45, 7) is 3.40. The molecule has 0 unspecified atom stereocenters. The second-order valence-corrected chi connectivity index (χ2v) is 5.26. The molecule has 23 heavy (non-hydrogen) atoms. The van der Waals surface area contributed by atoms with Crippen molar-refractivity contribution in [1.82, 2.24) is 0 Å². The molecule has 0 saturated heterocycles. The quantitative estimate of drug-likeness (QED) is 0.794. The van der Waals surface area contributed by atoms with Gasteiger partial charge in [0.2, 0.25) is 5.79 Å². The number of hydrogen-bond donors (Lipinski definition) is 2. The molecule has 0 aliphatic rings. The summed E-state index contributed by atoms with van der Waals surface area (Å²) in [6.07, 6.45) is 0. The average Bonchev–Trinajstić information content (AvgIpc) is 2.47. The highest BCUT2D eigenvalue weighted by molar-refractivity contribution is 5.88. The van der Waals surface area contributed by atoms with Gasteiger partial charge in [0, 0.05) is 13.8 Å². The summed E-state index contributed by atoms with van der Waals surface area (Å²) in [7, 11) is 0. The Balaban J connectivity index is 2.06. The first-order valence-corrected chi connectivity index (χ1v) is 6.81. The first-order valence-electron chi connectivity index (χ1n) is 6.81. The van der Waals surface area contributed by atoms with Crippen LogP contribution in [-0.2, 0) is 0 Å². The highest BCUT2D eigenvalue weighted by atomic mass is 16.7. The van der Waals surface area contributed by atoms with E-state index in [2.05, 4.69) is 0 Å². The SMILES string of the molecule is CC(C)(Oc1ccc(C(=O)O)cc1)Oc1ccc(C(=O)O)cc1. The molecule has 2 N–H and O–H groups in total. The molecule has 0 fully saturated rings. The van der Waals surface area contributed by atoms with Gasteiger partial charge in [-0.25, -0.2) is 9.59 Å². The summed E-state index contributed by atoms with van der Waals surface area (Å²) in [5.41, 5.74) is 0.334. The van der Waals surface area contributed by atoms with Gasteiger partial charge in [0.15, 0.2) is 0 Å². The predicted molar refractivity (Wildman–Crippen MR) is 82.1 cm³/mol. The lowest BCUT2D eigenvalue weighted by Crippen LogP contribution is -2.35. The van der Waals surface area contributed by atoms with Gasteiger partial charge in [-0.3, -0.25) is 0 Å². The van der Waals surface area contributed by atoms with Gasteiger partial charge in [-0.15, -0.1) is 0 Å². The summed E-state index contributed by atoms with van der Waals surface area (Å²) in [6, 6.07) is 11.9. The van der Waals surface area contributed by atoms with E-state index in [1.165, 1.54) is 24.3 Å². The minimum atomic E-state index is -1.02. The van der Waals surface area contributed by atoms with Crippen molar-refractivity contribution in [2.45, 2.75) is 19.6 Å². The standard InChI is InChI=1S/C17H16O6/c1-17(2,22-13-7-3-11(4-8-13)15(18)19)23-14-9-5-12(6-10-14)16(20)21/h3-10H,1-2H3,(H,18,19)(H,20,21). The number of aromatic carboxylic acids is 2. The van der Waals surface area contributed by atoms with Crippen LogP contribution in [0.4, 0.5) is 0 Å². The second kappa shape index (κ2) is 6.39. The van der Waals surface area contributed by atoms with Crippen LogP contribution in [0, 0.1) is 0 Å². The molecule has 120 valence electrons. The van der Waals surface area contributed by atoms with Crippen molar-refractivity contribution in [3.63, 3.8) is 0 Å². The van der Waals surface area contributed by atoms with Crippen LogP contribution in [-0.4, -0.2) is 27.9 Å². The highest BCUT2D eigenvalue weighted by Crippen LogP contribution is 2.23. The van der Waals surface area contributed by atoms with E-state index in [1.54, 1.807) is 38.1 Å². The van der Waals surface area contributed by atoms with Crippen LogP contribution in [0.3, 0.4) is 0 Å². The summed E-state index contributed by atoms with van der Waals surface area (Å²) < 4.78 is 11.4. The van der Waals surface area contributed by atoms with Gasteiger partial charge in [-0.2, -0.15) is 0 Å². The largest absolute Gasteiger partial charge is 0.478 e. The minimum absolute atomic E-state index is 0.167. The van der Waals surface area contributed by atoms with E-state index in [0.717, 1.165) is 0 Å². The van der Waals surface area contributed by atoms with E-state index in [0.29, 0.717) is 11.5 Å². The summed E-state index contributed by atoms with van der Waals surface area (Å²) in [5.74, 6) is -2.12. The van der Waals surface area contributed by atoms with Crippen molar-refractivity contribution in [2.75, 3.05) is 0 Å². The van der Waals surface area contributed by atoms with Crippen LogP contribution >= 0.6 is 0 Å². The summed E-state index contributed by atoms with van der Waals surface area (Å²) in [5, 5.41) is 17.7. The molecule has 2 aromatic carbocycles. The van der Waals surface area contributed by atoms with Gasteiger partial charge in [0.25, 0.3) is 0 Å². The second-order valence-electron chi connectivity index (χ2n) is 5.26. The zero-order valence-electron chi connectivity index (χ0n) is 12.6. The average molecular weight is 316 g/mol. The normalized spacial score (nSPS) is 10.9. The van der Waals surface area contributed by atoms with Crippen molar-refractivity contribution in [2.24, 2.45) is 0 Å². The van der Waals surface area contributed by atoms with Crippen LogP contribution in [0.1, 0.15) is 34.6 Å². The van der Waals surface area contributed by atoms with Crippen LogP contribution in [0.5, 0.6) is 11.5 Å². The molecule has 0 spiro atoms. The maximum Gasteiger partial charge on any atom is 0.335 e. The molecular formula is C17H16O6. The molecule has 6 heteroatoms. The Bertz CT molecular complexity index is 639. The number of rotatable bonds is 6. The number of benzene rings is 2. The number of carbonyl (C=O) groups is 2. The minimum Gasteiger partial charge on any atom is -0.478 e. The number of carboxylic acid groups (broad SMARTS) is 2. The smallest absolute Gasteiger partial charge is 0.335 e. The fourth-order valence-electron chi connectivity index (χ4n) is 1.92. The molecule has 0 heterocycles. The van der Waals surface area contributed by atoms with Crippen LogP contribution in [0.25, 0.3) is 0 Å². The molecule has 0 amide bonds. The number of ether oxygens (including phenoxy) is 2.